The number of nitrogens with two attached hydrogens (primary N) is 1. The number of H-pyrrole nitrogens is 1. The number of nitrogens with one attached hydrogen (secondary N) is 1. The number of aromatic amines is 1. The number of thiophene rings is 1. The van der Waals surface area contributed by atoms with Crippen LogP contribution < -0.4 is 16.2 Å². The molecule has 0 saturated carbocycles. The lowest BCUT2D eigenvalue weighted by molar-refractivity contribution is 0.243. The molecule has 0 unspecified atom stereocenters. The standard InChI is InChI=1S/C19H23N9OS/c1-10-11(2)30-18-14(10)17(29)22-13(23-18)9-27-4-6-28(7-5-27)19-24-15(20)12-8-21-26(3)16(12)25-19/h8H,4-7,9H2,1-3H3,(H2,20,24,25)(H,22,23,29). The second-order valence-corrected chi connectivity index (χ2v) is 8.86. The SMILES string of the molecule is Cc1sc2nc(CN3CCN(c4nc(N)c5cnn(C)c5n4)CC3)[nH]c(=O)c2c1C. The summed E-state index contributed by atoms with van der Waals surface area (Å²) < 4.78 is 1.71. The van der Waals surface area contributed by atoms with Gasteiger partial charge in [0.15, 0.2) is 5.65 Å². The summed E-state index contributed by atoms with van der Waals surface area (Å²) in [6.45, 7) is 7.78. The second kappa shape index (κ2) is 7.03. The molecule has 1 saturated heterocycles. The summed E-state index contributed by atoms with van der Waals surface area (Å²) >= 11 is 1.58. The molecule has 0 bridgehead atoms. The number of aromatic nitrogens is 6. The van der Waals surface area contributed by atoms with Crippen LogP contribution in [0.3, 0.4) is 0 Å². The van der Waals surface area contributed by atoms with Gasteiger partial charge in [0.1, 0.15) is 16.5 Å². The van der Waals surface area contributed by atoms with Gasteiger partial charge in [-0.05, 0) is 19.4 Å². The van der Waals surface area contributed by atoms with Gasteiger partial charge in [-0.2, -0.15) is 15.1 Å². The molecule has 1 aliphatic heterocycles. The Balaban J connectivity index is 1.31. The van der Waals surface area contributed by atoms with Crippen LogP contribution in [0.2, 0.25) is 0 Å². The van der Waals surface area contributed by atoms with Crippen molar-refractivity contribution in [2.75, 3.05) is 36.8 Å². The first-order valence-electron chi connectivity index (χ1n) is 9.82. The maximum absolute atomic E-state index is 12.5. The molecule has 5 heterocycles. The van der Waals surface area contributed by atoms with Crippen molar-refractivity contribution in [3.8, 4) is 0 Å². The highest BCUT2D eigenvalue weighted by Crippen LogP contribution is 2.26. The molecular formula is C19H23N9OS. The number of anilines is 2. The van der Waals surface area contributed by atoms with E-state index in [0.717, 1.165) is 52.5 Å². The Hall–Kier alpha value is -3.05. The molecule has 0 amide bonds. The highest BCUT2D eigenvalue weighted by molar-refractivity contribution is 7.18. The van der Waals surface area contributed by atoms with Crippen molar-refractivity contribution >= 4 is 44.4 Å². The summed E-state index contributed by atoms with van der Waals surface area (Å²) in [7, 11) is 1.84. The molecular weight excluding hydrogens is 402 g/mol. The van der Waals surface area contributed by atoms with E-state index in [-0.39, 0.29) is 5.56 Å². The zero-order valence-corrected chi connectivity index (χ0v) is 18.0. The average Bonchev–Trinajstić information content (AvgIpc) is 3.22. The number of aryl methyl sites for hydroxylation is 3. The van der Waals surface area contributed by atoms with E-state index in [1.54, 1.807) is 22.2 Å². The van der Waals surface area contributed by atoms with Gasteiger partial charge in [0.2, 0.25) is 5.95 Å². The lowest BCUT2D eigenvalue weighted by Crippen LogP contribution is -2.47. The van der Waals surface area contributed by atoms with E-state index in [0.29, 0.717) is 29.5 Å². The van der Waals surface area contributed by atoms with Crippen molar-refractivity contribution < 1.29 is 0 Å². The largest absolute Gasteiger partial charge is 0.383 e. The number of hydrogen-bond donors (Lipinski definition) is 2. The van der Waals surface area contributed by atoms with Crippen LogP contribution in [0.5, 0.6) is 0 Å². The number of fused-ring (bicyclic) bond motifs is 2. The highest BCUT2D eigenvalue weighted by atomic mass is 32.1. The van der Waals surface area contributed by atoms with Gasteiger partial charge in [-0.1, -0.05) is 0 Å². The number of piperazine rings is 1. The molecule has 3 N–H and O–H groups in total. The van der Waals surface area contributed by atoms with Crippen molar-refractivity contribution in [2.24, 2.45) is 7.05 Å². The smallest absolute Gasteiger partial charge is 0.259 e. The van der Waals surface area contributed by atoms with Gasteiger partial charge in [-0.15, -0.1) is 11.3 Å². The van der Waals surface area contributed by atoms with Gasteiger partial charge in [-0.3, -0.25) is 14.4 Å². The van der Waals surface area contributed by atoms with Crippen LogP contribution >= 0.6 is 11.3 Å². The summed E-state index contributed by atoms with van der Waals surface area (Å²) in [4.78, 5) is 35.6. The van der Waals surface area contributed by atoms with Gasteiger partial charge in [0, 0.05) is 38.1 Å². The normalized spacial score (nSPS) is 15.5. The van der Waals surface area contributed by atoms with Crippen LogP contribution in [0.1, 0.15) is 16.3 Å². The van der Waals surface area contributed by atoms with Gasteiger partial charge in [-0.25, -0.2) is 4.98 Å². The van der Waals surface area contributed by atoms with Crippen LogP contribution in [-0.2, 0) is 13.6 Å². The summed E-state index contributed by atoms with van der Waals surface area (Å²) in [5, 5.41) is 5.69. The fourth-order valence-electron chi connectivity index (χ4n) is 3.87. The van der Waals surface area contributed by atoms with Crippen molar-refractivity contribution in [1.29, 1.82) is 0 Å². The van der Waals surface area contributed by atoms with Crippen LogP contribution in [0, 0.1) is 13.8 Å². The fraction of sp³-hybridized carbons (Fsp3) is 0.421. The molecule has 30 heavy (non-hydrogen) atoms. The first kappa shape index (κ1) is 18.9. The Bertz CT molecular complexity index is 1310. The molecule has 11 heteroatoms. The Morgan fingerprint density at radius 2 is 1.93 bits per heavy atom. The molecule has 4 aromatic rings. The van der Waals surface area contributed by atoms with Crippen molar-refractivity contribution in [2.45, 2.75) is 20.4 Å². The maximum Gasteiger partial charge on any atom is 0.259 e. The lowest BCUT2D eigenvalue weighted by Gasteiger charge is -2.34. The number of nitrogens with zero attached hydrogens (tertiary/aromatic N) is 7. The topological polar surface area (TPSA) is 122 Å². The summed E-state index contributed by atoms with van der Waals surface area (Å²) in [5.74, 6) is 1.78. The third kappa shape index (κ3) is 3.10. The van der Waals surface area contributed by atoms with Gasteiger partial charge < -0.3 is 15.6 Å². The number of hydrogen-bond acceptors (Lipinski definition) is 9. The minimum absolute atomic E-state index is 0.0520. The van der Waals surface area contributed by atoms with E-state index in [1.165, 1.54) is 0 Å². The van der Waals surface area contributed by atoms with E-state index in [1.807, 2.05) is 20.9 Å². The van der Waals surface area contributed by atoms with E-state index in [2.05, 4.69) is 29.9 Å². The monoisotopic (exact) mass is 425 g/mol. The van der Waals surface area contributed by atoms with E-state index >= 15 is 0 Å². The zero-order chi connectivity index (χ0) is 21.0. The van der Waals surface area contributed by atoms with E-state index in [9.17, 15) is 4.79 Å². The summed E-state index contributed by atoms with van der Waals surface area (Å²) in [6, 6.07) is 0. The minimum atomic E-state index is -0.0520. The quantitative estimate of drug-likeness (QED) is 0.502. The molecule has 4 aromatic heterocycles. The summed E-state index contributed by atoms with van der Waals surface area (Å²) in [6.07, 6.45) is 1.69. The molecule has 0 spiro atoms. The molecule has 5 rings (SSSR count). The lowest BCUT2D eigenvalue weighted by atomic mass is 10.2. The second-order valence-electron chi connectivity index (χ2n) is 7.65. The van der Waals surface area contributed by atoms with Crippen LogP contribution in [0.4, 0.5) is 11.8 Å². The fourth-order valence-corrected chi connectivity index (χ4v) is 4.91. The van der Waals surface area contributed by atoms with Gasteiger partial charge >= 0.3 is 0 Å². The molecule has 0 atom stereocenters. The Labute approximate surface area is 176 Å². The predicted molar refractivity (Wildman–Crippen MR) is 118 cm³/mol. The molecule has 1 aliphatic rings. The van der Waals surface area contributed by atoms with E-state index < -0.39 is 0 Å². The summed E-state index contributed by atoms with van der Waals surface area (Å²) in [5.41, 5.74) is 7.80. The Morgan fingerprint density at radius 1 is 1.17 bits per heavy atom. The van der Waals surface area contributed by atoms with Crippen LogP contribution in [-0.4, -0.2) is 60.8 Å². The molecule has 0 radical (unpaired) electrons. The third-order valence-electron chi connectivity index (χ3n) is 5.73. The Kier molecular flexibility index (Phi) is 4.44. The number of rotatable bonds is 3. The van der Waals surface area contributed by atoms with E-state index in [4.69, 9.17) is 10.7 Å². The molecule has 156 valence electrons. The molecule has 0 aromatic carbocycles. The molecule has 10 nitrogen and oxygen atoms in total. The highest BCUT2D eigenvalue weighted by Gasteiger charge is 2.22. The number of nitrogen functional groups attached to an aromatic ring is 1. The van der Waals surface area contributed by atoms with Crippen LogP contribution in [0.15, 0.2) is 11.0 Å². The van der Waals surface area contributed by atoms with Crippen molar-refractivity contribution in [3.05, 3.63) is 32.8 Å². The molecule has 1 fully saturated rings. The zero-order valence-electron chi connectivity index (χ0n) is 17.1. The first-order chi connectivity index (χ1) is 14.4. The maximum atomic E-state index is 12.5. The Morgan fingerprint density at radius 3 is 2.70 bits per heavy atom. The average molecular weight is 426 g/mol. The van der Waals surface area contributed by atoms with Gasteiger partial charge in [0.05, 0.1) is 23.5 Å². The third-order valence-corrected chi connectivity index (χ3v) is 6.83. The first-order valence-corrected chi connectivity index (χ1v) is 10.6. The van der Waals surface area contributed by atoms with Gasteiger partial charge in [0.25, 0.3) is 5.56 Å². The van der Waals surface area contributed by atoms with Crippen LogP contribution in [0.25, 0.3) is 21.3 Å². The van der Waals surface area contributed by atoms with Crippen molar-refractivity contribution in [3.63, 3.8) is 0 Å². The molecule has 0 aliphatic carbocycles. The minimum Gasteiger partial charge on any atom is -0.383 e. The van der Waals surface area contributed by atoms with Crippen molar-refractivity contribution in [1.82, 2.24) is 34.6 Å². The predicted octanol–water partition coefficient (Wildman–Crippen LogP) is 1.18.